The molecule has 0 atom stereocenters. The molecule has 0 bridgehead atoms. The first kappa shape index (κ1) is 31.9. The molecule has 6 rings (SSSR count). The zero-order valence-electron chi connectivity index (χ0n) is 26.0. The lowest BCUT2D eigenvalue weighted by atomic mass is 10.0. The summed E-state index contributed by atoms with van der Waals surface area (Å²) in [7, 11) is 1.93. The van der Waals surface area contributed by atoms with E-state index in [-0.39, 0.29) is 11.3 Å². The monoisotopic (exact) mass is 650 g/mol. The normalized spacial score (nSPS) is 11.4. The Labute approximate surface area is 274 Å². The Hall–Kier alpha value is -5.06. The SMILES string of the molecule is CCC(=O)Cc1ccc(-c2sc3c(c2CN(C)Cc2cccnc2)c(=O)n(-c2ccccc2)c(=O)n3Cc2c(F)cccc2F)cc1. The number of hydrogen-bond donors (Lipinski definition) is 0. The van der Waals surface area contributed by atoms with Crippen molar-refractivity contribution < 1.29 is 13.6 Å². The summed E-state index contributed by atoms with van der Waals surface area (Å²) in [5, 5.41) is 0.300. The molecule has 0 saturated carbocycles. The van der Waals surface area contributed by atoms with Gasteiger partial charge in [-0.2, -0.15) is 0 Å². The molecule has 0 N–H and O–H groups in total. The summed E-state index contributed by atoms with van der Waals surface area (Å²) in [5.41, 5.74) is 2.19. The van der Waals surface area contributed by atoms with Crippen LogP contribution in [0, 0.1) is 11.6 Å². The Morgan fingerprint density at radius 2 is 1.57 bits per heavy atom. The molecule has 238 valence electrons. The molecule has 0 unspecified atom stereocenters. The van der Waals surface area contributed by atoms with Crippen LogP contribution in [0.1, 0.15) is 35.6 Å². The predicted octanol–water partition coefficient (Wildman–Crippen LogP) is 6.76. The van der Waals surface area contributed by atoms with Crippen LogP contribution < -0.4 is 11.2 Å². The van der Waals surface area contributed by atoms with Crippen molar-refractivity contribution in [2.45, 2.75) is 39.4 Å². The van der Waals surface area contributed by atoms with Crippen molar-refractivity contribution in [3.63, 3.8) is 0 Å². The number of nitrogens with zero attached hydrogens (tertiary/aromatic N) is 4. The summed E-state index contributed by atoms with van der Waals surface area (Å²) in [6.07, 6.45) is 4.25. The first-order chi connectivity index (χ1) is 22.7. The number of hydrogen-bond acceptors (Lipinski definition) is 6. The Balaban J connectivity index is 1.61. The van der Waals surface area contributed by atoms with Crippen molar-refractivity contribution >= 4 is 27.3 Å². The van der Waals surface area contributed by atoms with Crippen molar-refractivity contribution in [1.82, 2.24) is 19.0 Å². The molecule has 3 aromatic carbocycles. The minimum absolute atomic E-state index is 0.128. The van der Waals surface area contributed by atoms with E-state index in [1.54, 1.807) is 42.7 Å². The van der Waals surface area contributed by atoms with Crippen LogP contribution in [0.15, 0.2) is 107 Å². The Kier molecular flexibility index (Phi) is 9.33. The third-order valence-corrected chi connectivity index (χ3v) is 9.38. The molecule has 0 fully saturated rings. The standard InChI is InChI=1S/C37H32F2N4O3S/c1-3-28(44)19-24-14-16-26(17-15-24)34-30(22-41(2)21-25-9-8-18-40-20-25)33-35(45)43(27-10-5-4-6-11-27)37(46)42(36(33)47-34)23-29-31(38)12-7-13-32(29)39/h4-18,20H,3,19,21-23H2,1-2H3. The van der Waals surface area contributed by atoms with Crippen LogP contribution in [0.3, 0.4) is 0 Å². The van der Waals surface area contributed by atoms with E-state index >= 15 is 0 Å². The Bertz CT molecular complexity index is 2160. The van der Waals surface area contributed by atoms with Gasteiger partial charge in [0.2, 0.25) is 0 Å². The molecule has 6 aromatic rings. The predicted molar refractivity (Wildman–Crippen MR) is 181 cm³/mol. The highest BCUT2D eigenvalue weighted by Gasteiger charge is 2.25. The van der Waals surface area contributed by atoms with Crippen molar-refractivity contribution in [2.75, 3.05) is 7.05 Å². The smallest absolute Gasteiger partial charge is 0.299 e. The molecule has 0 amide bonds. The number of carbonyl (C=O) groups excluding carboxylic acids is 1. The molecule has 0 aliphatic heterocycles. The van der Waals surface area contributed by atoms with Crippen molar-refractivity contribution in [3.8, 4) is 16.1 Å². The lowest BCUT2D eigenvalue weighted by molar-refractivity contribution is -0.118. The number of rotatable bonds is 11. The molecule has 10 heteroatoms. The quantitative estimate of drug-likeness (QED) is 0.155. The zero-order valence-corrected chi connectivity index (χ0v) is 26.8. The van der Waals surface area contributed by atoms with Gasteiger partial charge in [-0.1, -0.05) is 61.5 Å². The fourth-order valence-corrected chi connectivity index (χ4v) is 7.00. The fourth-order valence-electron chi connectivity index (χ4n) is 5.69. The molecule has 0 radical (unpaired) electrons. The maximum Gasteiger partial charge on any atom is 0.337 e. The average molecular weight is 651 g/mol. The third kappa shape index (κ3) is 6.61. The maximum absolute atomic E-state index is 15.0. The van der Waals surface area contributed by atoms with Crippen LogP contribution in [0.2, 0.25) is 0 Å². The van der Waals surface area contributed by atoms with E-state index in [0.29, 0.717) is 47.4 Å². The highest BCUT2D eigenvalue weighted by atomic mass is 32.1. The topological polar surface area (TPSA) is 77.2 Å². The minimum Gasteiger partial charge on any atom is -0.299 e. The highest BCUT2D eigenvalue weighted by Crippen LogP contribution is 2.38. The van der Waals surface area contributed by atoms with Gasteiger partial charge in [-0.05, 0) is 59.6 Å². The molecular formula is C37H32F2N4O3S. The number of para-hydroxylation sites is 1. The molecule has 0 spiro atoms. The number of fused-ring (bicyclic) bond motifs is 1. The second-order valence-corrected chi connectivity index (χ2v) is 12.4. The zero-order chi connectivity index (χ0) is 33.1. The molecule has 7 nitrogen and oxygen atoms in total. The third-order valence-electron chi connectivity index (χ3n) is 8.08. The van der Waals surface area contributed by atoms with Crippen LogP contribution in [-0.2, 0) is 30.8 Å². The molecule has 0 aliphatic rings. The van der Waals surface area contributed by atoms with E-state index in [4.69, 9.17) is 0 Å². The van der Waals surface area contributed by atoms with E-state index in [1.807, 2.05) is 50.4 Å². The summed E-state index contributed by atoms with van der Waals surface area (Å²) < 4.78 is 32.4. The molecule has 0 aliphatic carbocycles. The van der Waals surface area contributed by atoms with Crippen LogP contribution in [-0.4, -0.2) is 31.8 Å². The van der Waals surface area contributed by atoms with Crippen molar-refractivity contribution in [3.05, 3.63) is 152 Å². The van der Waals surface area contributed by atoms with Gasteiger partial charge < -0.3 is 0 Å². The number of Topliss-reactive ketones (excluding diaryl/α,β-unsaturated/α-hetero) is 1. The lowest BCUT2D eigenvalue weighted by Gasteiger charge is -2.18. The van der Waals surface area contributed by atoms with Gasteiger partial charge in [0.25, 0.3) is 5.56 Å². The fraction of sp³-hybridized carbons (Fsp3) is 0.189. The van der Waals surface area contributed by atoms with Gasteiger partial charge in [0, 0.05) is 48.8 Å². The molecule has 0 saturated heterocycles. The summed E-state index contributed by atoms with van der Waals surface area (Å²) in [5.74, 6) is -1.44. The van der Waals surface area contributed by atoms with Gasteiger partial charge in [-0.25, -0.2) is 18.1 Å². The van der Waals surface area contributed by atoms with Gasteiger partial charge in [0.1, 0.15) is 22.2 Å². The number of halogens is 2. The van der Waals surface area contributed by atoms with Gasteiger partial charge in [0.05, 0.1) is 17.6 Å². The molecule has 3 heterocycles. The summed E-state index contributed by atoms with van der Waals surface area (Å²) in [4.78, 5) is 48.0. The molecule has 47 heavy (non-hydrogen) atoms. The van der Waals surface area contributed by atoms with E-state index in [9.17, 15) is 23.2 Å². The van der Waals surface area contributed by atoms with E-state index < -0.39 is 29.4 Å². The largest absolute Gasteiger partial charge is 0.337 e. The number of aromatic nitrogens is 3. The van der Waals surface area contributed by atoms with Crippen LogP contribution >= 0.6 is 11.3 Å². The number of benzene rings is 3. The molecule has 3 aromatic heterocycles. The number of pyridine rings is 1. The van der Waals surface area contributed by atoms with Gasteiger partial charge >= 0.3 is 5.69 Å². The van der Waals surface area contributed by atoms with Gasteiger partial charge in [-0.3, -0.25) is 24.0 Å². The maximum atomic E-state index is 15.0. The van der Waals surface area contributed by atoms with E-state index in [1.165, 1.54) is 22.0 Å². The van der Waals surface area contributed by atoms with Crippen molar-refractivity contribution in [1.29, 1.82) is 0 Å². The lowest BCUT2D eigenvalue weighted by Crippen LogP contribution is -2.39. The number of thiophene rings is 1. The average Bonchev–Trinajstić information content (AvgIpc) is 3.44. The first-order valence-corrected chi connectivity index (χ1v) is 16.0. The van der Waals surface area contributed by atoms with Crippen LogP contribution in [0.4, 0.5) is 8.78 Å². The minimum atomic E-state index is -0.784. The Morgan fingerprint density at radius 3 is 2.23 bits per heavy atom. The summed E-state index contributed by atoms with van der Waals surface area (Å²) in [6.45, 7) is 2.29. The van der Waals surface area contributed by atoms with Crippen LogP contribution in [0.25, 0.3) is 26.3 Å². The van der Waals surface area contributed by atoms with E-state index in [0.717, 1.165) is 38.3 Å². The van der Waals surface area contributed by atoms with E-state index in [2.05, 4.69) is 9.88 Å². The van der Waals surface area contributed by atoms with Gasteiger partial charge in [0.15, 0.2) is 0 Å². The second-order valence-electron chi connectivity index (χ2n) is 11.4. The molecular weight excluding hydrogens is 618 g/mol. The van der Waals surface area contributed by atoms with Crippen LogP contribution in [0.5, 0.6) is 0 Å². The number of ketones is 1. The first-order valence-electron chi connectivity index (χ1n) is 15.2. The summed E-state index contributed by atoms with van der Waals surface area (Å²) >= 11 is 1.24. The number of carbonyl (C=O) groups is 1. The summed E-state index contributed by atoms with van der Waals surface area (Å²) in [6, 6.07) is 23.5. The highest BCUT2D eigenvalue weighted by molar-refractivity contribution is 7.22. The van der Waals surface area contributed by atoms with Crippen molar-refractivity contribution in [2.24, 2.45) is 0 Å². The second kappa shape index (κ2) is 13.7. The Morgan fingerprint density at radius 1 is 0.851 bits per heavy atom. The van der Waals surface area contributed by atoms with Gasteiger partial charge in [-0.15, -0.1) is 11.3 Å².